The van der Waals surface area contributed by atoms with Gasteiger partial charge in [-0.2, -0.15) is 17.5 Å². The number of rotatable bonds is 6. The fourth-order valence-corrected chi connectivity index (χ4v) is 4.29. The van der Waals surface area contributed by atoms with Crippen LogP contribution in [0.25, 0.3) is 0 Å². The highest BCUT2D eigenvalue weighted by atomic mass is 32.2. The number of halogens is 3. The van der Waals surface area contributed by atoms with Gasteiger partial charge in [0.1, 0.15) is 6.04 Å². The van der Waals surface area contributed by atoms with Crippen molar-refractivity contribution >= 4 is 16.0 Å². The molecular weight excluding hydrogens is 383 g/mol. The Morgan fingerprint density at radius 3 is 2.33 bits per heavy atom. The number of ether oxygens (including phenoxy) is 1. The molecule has 150 valence electrons. The number of alkyl halides is 3. The van der Waals surface area contributed by atoms with Crippen LogP contribution >= 0.6 is 0 Å². The van der Waals surface area contributed by atoms with E-state index in [1.807, 2.05) is 6.08 Å². The van der Waals surface area contributed by atoms with Crippen molar-refractivity contribution < 1.29 is 31.1 Å². The highest BCUT2D eigenvalue weighted by Gasteiger charge is 2.35. The van der Waals surface area contributed by atoms with Crippen molar-refractivity contribution in [3.05, 3.63) is 41.5 Å². The van der Waals surface area contributed by atoms with Crippen LogP contribution in [0.15, 0.2) is 40.8 Å². The number of carbonyl (C=O) groups excluding carboxylic acids is 1. The number of esters is 1. The van der Waals surface area contributed by atoms with Crippen molar-refractivity contribution in [2.75, 3.05) is 14.2 Å². The summed E-state index contributed by atoms with van der Waals surface area (Å²) < 4.78 is 69.3. The van der Waals surface area contributed by atoms with Crippen molar-refractivity contribution in [3.63, 3.8) is 0 Å². The molecule has 1 aromatic rings. The van der Waals surface area contributed by atoms with Gasteiger partial charge in [0.05, 0.1) is 17.6 Å². The highest BCUT2D eigenvalue weighted by Crippen LogP contribution is 2.31. The molecule has 2 rings (SSSR count). The second-order valence-electron chi connectivity index (χ2n) is 6.39. The summed E-state index contributed by atoms with van der Waals surface area (Å²) in [4.78, 5) is 11.9. The number of nitrogens with zero attached hydrogens (tertiary/aromatic N) is 1. The van der Waals surface area contributed by atoms with Crippen molar-refractivity contribution in [1.82, 2.24) is 4.31 Å². The molecule has 1 atom stereocenters. The minimum atomic E-state index is -4.56. The molecule has 1 aliphatic rings. The van der Waals surface area contributed by atoms with Crippen LogP contribution in [0.2, 0.25) is 0 Å². The molecule has 0 saturated heterocycles. The molecule has 0 heterocycles. The van der Waals surface area contributed by atoms with Crippen LogP contribution in [0.1, 0.15) is 37.7 Å². The van der Waals surface area contributed by atoms with Gasteiger partial charge in [0, 0.05) is 7.05 Å². The lowest BCUT2D eigenvalue weighted by Crippen LogP contribution is -2.43. The number of benzene rings is 1. The zero-order valence-corrected chi connectivity index (χ0v) is 15.9. The molecule has 0 aliphatic heterocycles. The van der Waals surface area contributed by atoms with Gasteiger partial charge in [-0.25, -0.2) is 8.42 Å². The maximum absolute atomic E-state index is 12.8. The van der Waals surface area contributed by atoms with Gasteiger partial charge in [0.15, 0.2) is 0 Å². The van der Waals surface area contributed by atoms with Gasteiger partial charge in [-0.05, 0) is 56.4 Å². The highest BCUT2D eigenvalue weighted by molar-refractivity contribution is 7.89. The maximum atomic E-state index is 12.8. The Hall–Kier alpha value is -1.87. The molecule has 1 aromatic carbocycles. The molecule has 0 amide bonds. The van der Waals surface area contributed by atoms with Gasteiger partial charge in [-0.15, -0.1) is 0 Å². The van der Waals surface area contributed by atoms with E-state index in [0.717, 1.165) is 47.7 Å². The minimum Gasteiger partial charge on any atom is -0.468 e. The lowest BCUT2D eigenvalue weighted by atomic mass is 9.94. The van der Waals surface area contributed by atoms with Gasteiger partial charge < -0.3 is 4.74 Å². The Kier molecular flexibility index (Phi) is 6.69. The molecule has 5 nitrogen and oxygen atoms in total. The monoisotopic (exact) mass is 405 g/mol. The predicted molar refractivity (Wildman–Crippen MR) is 93.4 cm³/mol. The van der Waals surface area contributed by atoms with Crippen LogP contribution in [0.4, 0.5) is 13.2 Å². The van der Waals surface area contributed by atoms with Crippen LogP contribution in [0.3, 0.4) is 0 Å². The summed E-state index contributed by atoms with van der Waals surface area (Å²) in [5, 5.41) is 0. The first-order valence-electron chi connectivity index (χ1n) is 8.48. The molecule has 0 saturated carbocycles. The molecule has 9 heteroatoms. The fourth-order valence-electron chi connectivity index (χ4n) is 2.98. The van der Waals surface area contributed by atoms with Crippen molar-refractivity contribution in [1.29, 1.82) is 0 Å². The van der Waals surface area contributed by atoms with E-state index < -0.39 is 33.8 Å². The van der Waals surface area contributed by atoms with E-state index in [-0.39, 0.29) is 11.3 Å². The van der Waals surface area contributed by atoms with E-state index in [1.165, 1.54) is 14.2 Å². The first-order valence-corrected chi connectivity index (χ1v) is 9.92. The lowest BCUT2D eigenvalue weighted by molar-refractivity contribution is -0.144. The number of likely N-dealkylation sites (N-methyl/N-ethyl adjacent to an activating group) is 1. The topological polar surface area (TPSA) is 63.7 Å². The van der Waals surface area contributed by atoms with Gasteiger partial charge in [0.2, 0.25) is 10.0 Å². The molecule has 0 radical (unpaired) electrons. The van der Waals surface area contributed by atoms with E-state index in [1.54, 1.807) is 0 Å². The van der Waals surface area contributed by atoms with E-state index in [0.29, 0.717) is 12.1 Å². The third-order valence-electron chi connectivity index (χ3n) is 4.61. The maximum Gasteiger partial charge on any atom is 0.416 e. The first-order chi connectivity index (χ1) is 12.6. The zero-order chi connectivity index (χ0) is 20.2. The van der Waals surface area contributed by atoms with E-state index in [2.05, 4.69) is 0 Å². The molecule has 0 fully saturated rings. The van der Waals surface area contributed by atoms with Crippen LogP contribution in [-0.4, -0.2) is 38.9 Å². The standard InChI is InChI=1S/C18H22F3NO4S/c1-22(16(17(23)26-2)12-13-6-4-3-5-7-13)27(24,25)15-10-8-14(9-11-15)18(19,20)21/h6,8-11,16H,3-5,7,12H2,1-2H3/t16-/m1/s1. The van der Waals surface area contributed by atoms with Gasteiger partial charge >= 0.3 is 12.1 Å². The SMILES string of the molecule is COC(=O)[C@@H](CC1=CCCCC1)N(C)S(=O)(=O)c1ccc(C(F)(F)F)cc1. The van der Waals surface area contributed by atoms with Crippen LogP contribution in [0, 0.1) is 0 Å². The quantitative estimate of drug-likeness (QED) is 0.534. The molecule has 0 spiro atoms. The number of carbonyl (C=O) groups is 1. The predicted octanol–water partition coefficient (Wildman–Crippen LogP) is 3.76. The summed E-state index contributed by atoms with van der Waals surface area (Å²) in [5.74, 6) is -0.709. The van der Waals surface area contributed by atoms with Gasteiger partial charge in [0.25, 0.3) is 0 Å². The summed E-state index contributed by atoms with van der Waals surface area (Å²) in [7, 11) is -1.76. The molecule has 0 bridgehead atoms. The van der Waals surface area contributed by atoms with E-state index in [9.17, 15) is 26.4 Å². The second kappa shape index (κ2) is 8.43. The fraction of sp³-hybridized carbons (Fsp3) is 0.500. The average molecular weight is 405 g/mol. The molecule has 27 heavy (non-hydrogen) atoms. The summed E-state index contributed by atoms with van der Waals surface area (Å²) >= 11 is 0. The van der Waals surface area contributed by atoms with Crippen LogP contribution in [0.5, 0.6) is 0 Å². The number of hydrogen-bond donors (Lipinski definition) is 0. The molecule has 0 N–H and O–H groups in total. The van der Waals surface area contributed by atoms with Gasteiger partial charge in [-0.1, -0.05) is 11.6 Å². The lowest BCUT2D eigenvalue weighted by Gasteiger charge is -2.27. The van der Waals surface area contributed by atoms with Crippen molar-refractivity contribution in [2.24, 2.45) is 0 Å². The van der Waals surface area contributed by atoms with Crippen LogP contribution in [-0.2, 0) is 25.7 Å². The zero-order valence-electron chi connectivity index (χ0n) is 15.1. The number of allylic oxidation sites excluding steroid dienone is 1. The van der Waals surface area contributed by atoms with Crippen molar-refractivity contribution in [3.8, 4) is 0 Å². The summed E-state index contributed by atoms with van der Waals surface area (Å²) in [6, 6.07) is 2.12. The second-order valence-corrected chi connectivity index (χ2v) is 8.39. The van der Waals surface area contributed by atoms with Gasteiger partial charge in [-0.3, -0.25) is 4.79 Å². The number of sulfonamides is 1. The Morgan fingerprint density at radius 1 is 1.22 bits per heavy atom. The molecular formula is C18H22F3NO4S. The van der Waals surface area contributed by atoms with E-state index in [4.69, 9.17) is 4.74 Å². The first kappa shape index (κ1) is 21.4. The average Bonchev–Trinajstić information content (AvgIpc) is 2.65. The molecule has 0 aromatic heterocycles. The number of methoxy groups -OCH3 is 1. The smallest absolute Gasteiger partial charge is 0.416 e. The Balaban J connectivity index is 2.30. The summed E-state index contributed by atoms with van der Waals surface area (Å²) in [6.45, 7) is 0. The Labute approximate surface area is 156 Å². The third kappa shape index (κ3) is 5.10. The van der Waals surface area contributed by atoms with Crippen molar-refractivity contribution in [2.45, 2.75) is 49.2 Å². The Morgan fingerprint density at radius 2 is 1.85 bits per heavy atom. The van der Waals surface area contributed by atoms with Crippen LogP contribution < -0.4 is 0 Å². The van der Waals surface area contributed by atoms with E-state index >= 15 is 0 Å². The molecule has 1 aliphatic carbocycles. The largest absolute Gasteiger partial charge is 0.468 e. The number of hydrogen-bond acceptors (Lipinski definition) is 4. The summed E-state index contributed by atoms with van der Waals surface area (Å²) in [6.07, 6.45) is 1.30. The Bertz CT molecular complexity index is 801. The summed E-state index contributed by atoms with van der Waals surface area (Å²) in [5.41, 5.74) is 0.0344. The molecule has 0 unspecified atom stereocenters. The minimum absolute atomic E-state index is 0.197. The normalized spacial score (nSPS) is 16.7. The third-order valence-corrected chi connectivity index (χ3v) is 6.49.